The number of fused-ring (bicyclic) bond motifs is 1. The molecule has 2 heterocycles. The summed E-state index contributed by atoms with van der Waals surface area (Å²) in [5.41, 5.74) is -6.73. The number of hydrogen-bond acceptors (Lipinski definition) is 5. The zero-order valence-electron chi connectivity index (χ0n) is 15.2. The maximum absolute atomic E-state index is 14.8. The lowest BCUT2D eigenvalue weighted by Gasteiger charge is -2.20. The first-order valence-electron chi connectivity index (χ1n) is 8.00. The third-order valence-electron chi connectivity index (χ3n) is 4.55. The molecule has 1 aliphatic heterocycles. The molecule has 0 bridgehead atoms. The third kappa shape index (κ3) is 3.18. The highest BCUT2D eigenvalue weighted by Crippen LogP contribution is 2.44. The van der Waals surface area contributed by atoms with Crippen molar-refractivity contribution < 1.29 is 31.8 Å². The van der Waals surface area contributed by atoms with Crippen LogP contribution in [0.3, 0.4) is 0 Å². The highest BCUT2D eigenvalue weighted by molar-refractivity contribution is 6.32. The van der Waals surface area contributed by atoms with Crippen LogP contribution >= 0.6 is 11.6 Å². The van der Waals surface area contributed by atoms with E-state index in [1.54, 1.807) is 0 Å². The molecule has 0 fully saturated rings. The van der Waals surface area contributed by atoms with E-state index in [1.807, 2.05) is 0 Å². The van der Waals surface area contributed by atoms with Crippen molar-refractivity contribution in [3.05, 3.63) is 55.1 Å². The molecule has 7 nitrogen and oxygen atoms in total. The van der Waals surface area contributed by atoms with Crippen molar-refractivity contribution in [2.75, 3.05) is 7.11 Å². The van der Waals surface area contributed by atoms with Gasteiger partial charge in [0.2, 0.25) is 5.60 Å². The monoisotopic (exact) mass is 436 g/mol. The Hall–Kier alpha value is -2.82. The van der Waals surface area contributed by atoms with Gasteiger partial charge in [0, 0.05) is 25.1 Å². The maximum Gasteiger partial charge on any atom is 0.431 e. The summed E-state index contributed by atoms with van der Waals surface area (Å²) in [7, 11) is 1.89. The van der Waals surface area contributed by atoms with Crippen LogP contribution in [0.5, 0.6) is 5.75 Å². The van der Waals surface area contributed by atoms with E-state index in [-0.39, 0.29) is 38.0 Å². The van der Waals surface area contributed by atoms with Crippen LogP contribution in [-0.2, 0) is 29.2 Å². The molecule has 1 aliphatic rings. The van der Waals surface area contributed by atoms with Gasteiger partial charge in [0.05, 0.1) is 17.8 Å². The van der Waals surface area contributed by atoms with E-state index in [0.717, 1.165) is 20.2 Å². The number of aromatic nitrogens is 2. The second-order valence-corrected chi connectivity index (χ2v) is 6.95. The van der Waals surface area contributed by atoms with Crippen molar-refractivity contribution in [3.8, 4) is 11.4 Å². The molecule has 3 rings (SSSR count). The Labute approximate surface area is 165 Å². The summed E-state index contributed by atoms with van der Waals surface area (Å²) in [6.45, 7) is 1.32. The number of carbonyl (C=O) groups is 1. The summed E-state index contributed by atoms with van der Waals surface area (Å²) in [5, 5.41) is -0.245. The summed E-state index contributed by atoms with van der Waals surface area (Å²) in [5.74, 6) is -2.15. The number of carbonyl (C=O) groups excluding carboxylic acids is 1. The van der Waals surface area contributed by atoms with Crippen LogP contribution in [0.25, 0.3) is 5.69 Å². The first-order chi connectivity index (χ1) is 13.3. The van der Waals surface area contributed by atoms with Crippen molar-refractivity contribution in [2.45, 2.75) is 25.1 Å². The average molecular weight is 437 g/mol. The van der Waals surface area contributed by atoms with E-state index in [0.29, 0.717) is 0 Å². The minimum atomic E-state index is -4.97. The van der Waals surface area contributed by atoms with Crippen LogP contribution in [-0.4, -0.2) is 27.8 Å². The lowest BCUT2D eigenvalue weighted by Crippen LogP contribution is -2.42. The molecule has 0 saturated heterocycles. The number of alkyl halides is 3. The topological polar surface area (TPSA) is 79.5 Å². The molecule has 0 aliphatic carbocycles. The number of benzene rings is 1. The number of hydrogen-bond donors (Lipinski definition) is 0. The van der Waals surface area contributed by atoms with Crippen LogP contribution in [0.2, 0.25) is 5.02 Å². The molecule has 1 aromatic heterocycles. The fraction of sp³-hybridized carbons (Fsp3) is 0.353. The molecular weight excluding hydrogens is 424 g/mol. The fourth-order valence-electron chi connectivity index (χ4n) is 3.19. The molecule has 156 valence electrons. The Morgan fingerprint density at radius 1 is 1.31 bits per heavy atom. The van der Waals surface area contributed by atoms with E-state index in [2.05, 4.69) is 4.74 Å². The number of esters is 1. The van der Waals surface area contributed by atoms with Crippen LogP contribution in [0.1, 0.15) is 18.2 Å². The van der Waals surface area contributed by atoms with Crippen molar-refractivity contribution in [1.82, 2.24) is 9.13 Å². The largest absolute Gasteiger partial charge is 0.474 e. The summed E-state index contributed by atoms with van der Waals surface area (Å²) >= 11 is 5.97. The van der Waals surface area contributed by atoms with E-state index >= 15 is 0 Å². The molecule has 0 amide bonds. The van der Waals surface area contributed by atoms with Crippen LogP contribution in [0.4, 0.5) is 17.6 Å². The minimum absolute atomic E-state index is 0.123. The molecule has 1 atom stereocenters. The van der Waals surface area contributed by atoms with Crippen molar-refractivity contribution in [2.24, 2.45) is 7.05 Å². The first kappa shape index (κ1) is 20.9. The fourth-order valence-corrected chi connectivity index (χ4v) is 3.44. The van der Waals surface area contributed by atoms with Crippen LogP contribution in [0, 0.1) is 5.82 Å². The molecule has 1 unspecified atom stereocenters. The molecule has 0 N–H and O–H groups in total. The van der Waals surface area contributed by atoms with Gasteiger partial charge < -0.3 is 9.47 Å². The number of ether oxygens (including phenoxy) is 2. The summed E-state index contributed by atoms with van der Waals surface area (Å²) in [6, 6.07) is 0.916. The Kier molecular flexibility index (Phi) is 4.77. The van der Waals surface area contributed by atoms with E-state index in [1.165, 1.54) is 6.92 Å². The molecule has 12 heteroatoms. The average Bonchev–Trinajstić information content (AvgIpc) is 2.98. The van der Waals surface area contributed by atoms with Gasteiger partial charge in [-0.05, 0) is 13.0 Å². The van der Waals surface area contributed by atoms with E-state index in [4.69, 9.17) is 16.3 Å². The highest BCUT2D eigenvalue weighted by atomic mass is 35.5. The van der Waals surface area contributed by atoms with Crippen LogP contribution < -0.4 is 16.0 Å². The standard InChI is InChI=1S/C17H13ClF4N2O5/c1-16(14(26)28-3)6-7-12(9(19)4-8(18)13(7)29-16)24-11(25)5-10(17(20,21)22)23(2)15(24)27/h4-5H,6H2,1-3H3. The first-order valence-corrected chi connectivity index (χ1v) is 8.38. The SMILES string of the molecule is COC(=O)C1(C)Cc2c(c(Cl)cc(F)c2-n2c(=O)cc(C(F)(F)F)n(C)c2=O)O1. The third-order valence-corrected chi connectivity index (χ3v) is 4.83. The molecule has 1 aromatic carbocycles. The lowest BCUT2D eigenvalue weighted by atomic mass is 9.98. The van der Waals surface area contributed by atoms with Crippen molar-refractivity contribution in [3.63, 3.8) is 0 Å². The van der Waals surface area contributed by atoms with Gasteiger partial charge in [0.25, 0.3) is 5.56 Å². The van der Waals surface area contributed by atoms with Crippen molar-refractivity contribution >= 4 is 17.6 Å². The summed E-state index contributed by atoms with van der Waals surface area (Å²) in [4.78, 5) is 37.0. The van der Waals surface area contributed by atoms with E-state index < -0.39 is 46.2 Å². The summed E-state index contributed by atoms with van der Waals surface area (Å²) < 4.78 is 64.5. The maximum atomic E-state index is 14.8. The molecular formula is C17H13ClF4N2O5. The smallest absolute Gasteiger partial charge is 0.431 e. The number of methoxy groups -OCH3 is 1. The van der Waals surface area contributed by atoms with Crippen LogP contribution in [0.15, 0.2) is 21.7 Å². The number of rotatable bonds is 2. The number of halogens is 5. The van der Waals surface area contributed by atoms with Gasteiger partial charge in [-0.1, -0.05) is 11.6 Å². The summed E-state index contributed by atoms with van der Waals surface area (Å²) in [6.07, 6.45) is -5.31. The zero-order chi connectivity index (χ0) is 21.9. The minimum Gasteiger partial charge on any atom is -0.474 e. The molecule has 0 spiro atoms. The van der Waals surface area contributed by atoms with E-state index in [9.17, 15) is 31.9 Å². The zero-order valence-corrected chi connectivity index (χ0v) is 15.9. The second kappa shape index (κ2) is 6.61. The second-order valence-electron chi connectivity index (χ2n) is 6.54. The Bertz CT molecular complexity index is 1150. The molecule has 2 aromatic rings. The Morgan fingerprint density at radius 2 is 1.93 bits per heavy atom. The highest BCUT2D eigenvalue weighted by Gasteiger charge is 2.46. The Balaban J connectivity index is 2.34. The van der Waals surface area contributed by atoms with Gasteiger partial charge in [-0.3, -0.25) is 9.36 Å². The number of nitrogens with zero attached hydrogens (tertiary/aromatic N) is 2. The van der Waals surface area contributed by atoms with Gasteiger partial charge >= 0.3 is 17.8 Å². The molecule has 0 saturated carbocycles. The molecule has 29 heavy (non-hydrogen) atoms. The van der Waals surface area contributed by atoms with Gasteiger partial charge in [-0.2, -0.15) is 13.2 Å². The predicted octanol–water partition coefficient (Wildman–Crippen LogP) is 2.21. The Morgan fingerprint density at radius 3 is 2.48 bits per heavy atom. The quantitative estimate of drug-likeness (QED) is 0.533. The van der Waals surface area contributed by atoms with Gasteiger partial charge in [-0.15, -0.1) is 0 Å². The van der Waals surface area contributed by atoms with Crippen molar-refractivity contribution in [1.29, 1.82) is 0 Å². The van der Waals surface area contributed by atoms with Gasteiger partial charge in [0.15, 0.2) is 0 Å². The predicted molar refractivity (Wildman–Crippen MR) is 92.0 cm³/mol. The van der Waals surface area contributed by atoms with Gasteiger partial charge in [-0.25, -0.2) is 18.5 Å². The molecule has 0 radical (unpaired) electrons. The lowest BCUT2D eigenvalue weighted by molar-refractivity contribution is -0.156. The normalized spacial score (nSPS) is 18.3. The van der Waals surface area contributed by atoms with Gasteiger partial charge in [0.1, 0.15) is 17.3 Å².